The van der Waals surface area contributed by atoms with Crippen molar-refractivity contribution in [2.45, 2.75) is 52.1 Å². The maximum absolute atomic E-state index is 13.6. The van der Waals surface area contributed by atoms with Crippen LogP contribution in [0.25, 0.3) is 21.7 Å². The lowest BCUT2D eigenvalue weighted by Gasteiger charge is -2.33. The Kier molecular flexibility index (Phi) is 8.84. The molecule has 2 aliphatic heterocycles. The number of cyclic esters (lactones) is 1. The fourth-order valence-electron chi connectivity index (χ4n) is 5.80. The molecule has 0 saturated carbocycles. The molecule has 4 aromatic rings. The monoisotopic (exact) mass is 666 g/mol. The van der Waals surface area contributed by atoms with Gasteiger partial charge in [0.25, 0.3) is 0 Å². The summed E-state index contributed by atoms with van der Waals surface area (Å²) in [6.07, 6.45) is -5.03. The topological polar surface area (TPSA) is 94.1 Å². The first-order valence-electron chi connectivity index (χ1n) is 15.2. The molecular formula is C34H33F3N4O5S. The van der Waals surface area contributed by atoms with E-state index in [4.69, 9.17) is 19.2 Å². The van der Waals surface area contributed by atoms with E-state index in [-0.39, 0.29) is 24.4 Å². The minimum absolute atomic E-state index is 0.0447. The Morgan fingerprint density at radius 1 is 1.09 bits per heavy atom. The van der Waals surface area contributed by atoms with Crippen LogP contribution in [0.4, 0.5) is 23.8 Å². The fourth-order valence-corrected chi connectivity index (χ4v) is 6.58. The van der Waals surface area contributed by atoms with Gasteiger partial charge in [-0.25, -0.2) is 19.6 Å². The molecule has 47 heavy (non-hydrogen) atoms. The fraction of sp³-hybridized carbons (Fsp3) is 0.353. The second kappa shape index (κ2) is 12.9. The first kappa shape index (κ1) is 32.3. The number of amides is 1. The summed E-state index contributed by atoms with van der Waals surface area (Å²) in [5.74, 6) is 0.821. The summed E-state index contributed by atoms with van der Waals surface area (Å²) in [6, 6.07) is 12.6. The highest BCUT2D eigenvalue weighted by molar-refractivity contribution is 7.13. The molecule has 0 aliphatic carbocycles. The standard InChI is InChI=1S/C34H33F3N4O5S/c1-5-45-32(42)27-18-47-31(39-27)21-7-9-28(44-4)25(16-21)24-8-10-29(40-11-6-12-40)38-26(24)17-41-20(3)30(46-33(41)43)22-13-19(2)14-23(15-22)34(35,36)37/h7-10,13-16,18,20,30H,5-6,11-12,17H2,1-4H3/t20-,30-/m0/s1. The number of ether oxygens (including phenoxy) is 3. The molecule has 2 aromatic heterocycles. The molecule has 0 bridgehead atoms. The number of aryl methyl sites for hydroxylation is 1. The zero-order valence-electron chi connectivity index (χ0n) is 26.3. The third kappa shape index (κ3) is 6.49. The summed E-state index contributed by atoms with van der Waals surface area (Å²) in [4.78, 5) is 38.6. The summed E-state index contributed by atoms with van der Waals surface area (Å²) < 4.78 is 57.4. The predicted molar refractivity (Wildman–Crippen MR) is 171 cm³/mol. The van der Waals surface area contributed by atoms with Gasteiger partial charge in [-0.1, -0.05) is 11.6 Å². The highest BCUT2D eigenvalue weighted by Crippen LogP contribution is 2.41. The van der Waals surface area contributed by atoms with Gasteiger partial charge in [-0.3, -0.25) is 4.90 Å². The van der Waals surface area contributed by atoms with Crippen LogP contribution >= 0.6 is 11.3 Å². The van der Waals surface area contributed by atoms with Crippen molar-refractivity contribution < 1.29 is 37.0 Å². The largest absolute Gasteiger partial charge is 0.496 e. The van der Waals surface area contributed by atoms with Crippen LogP contribution in [0.5, 0.6) is 5.75 Å². The molecule has 0 N–H and O–H groups in total. The van der Waals surface area contributed by atoms with E-state index in [2.05, 4.69) is 9.88 Å². The van der Waals surface area contributed by atoms with Crippen molar-refractivity contribution in [3.05, 3.63) is 82.0 Å². The number of esters is 1. The number of hydrogen-bond acceptors (Lipinski definition) is 9. The second-order valence-electron chi connectivity index (χ2n) is 11.5. The van der Waals surface area contributed by atoms with Crippen molar-refractivity contribution in [2.24, 2.45) is 0 Å². The van der Waals surface area contributed by atoms with E-state index in [9.17, 15) is 22.8 Å². The van der Waals surface area contributed by atoms with E-state index in [1.165, 1.54) is 16.2 Å². The van der Waals surface area contributed by atoms with Crippen LogP contribution in [0.1, 0.15) is 59.2 Å². The number of carbonyl (C=O) groups is 2. The minimum atomic E-state index is -4.53. The third-order valence-corrected chi connectivity index (χ3v) is 9.22. The molecule has 1 amide bonds. The van der Waals surface area contributed by atoms with Gasteiger partial charge in [0, 0.05) is 35.2 Å². The van der Waals surface area contributed by atoms with E-state index in [1.807, 2.05) is 30.3 Å². The van der Waals surface area contributed by atoms with Gasteiger partial charge in [-0.15, -0.1) is 11.3 Å². The summed E-state index contributed by atoms with van der Waals surface area (Å²) in [5, 5.41) is 2.26. The van der Waals surface area contributed by atoms with E-state index >= 15 is 0 Å². The molecule has 9 nitrogen and oxygen atoms in total. The van der Waals surface area contributed by atoms with Crippen molar-refractivity contribution in [2.75, 3.05) is 31.7 Å². The van der Waals surface area contributed by atoms with Crippen LogP contribution in [0.3, 0.4) is 0 Å². The molecule has 0 spiro atoms. The molecule has 2 saturated heterocycles. The molecule has 246 valence electrons. The Morgan fingerprint density at radius 2 is 1.87 bits per heavy atom. The molecule has 0 radical (unpaired) electrons. The lowest BCUT2D eigenvalue weighted by atomic mass is 9.97. The number of alkyl halides is 3. The Morgan fingerprint density at radius 3 is 2.55 bits per heavy atom. The number of carbonyl (C=O) groups excluding carboxylic acids is 2. The SMILES string of the molecule is CCOC(=O)c1csc(-c2ccc(OC)c(-c3ccc(N4CCC4)nc3CN3C(=O)O[C@H](c4cc(C)cc(C(F)(F)F)c4)[C@@H]3C)c2)n1. The summed E-state index contributed by atoms with van der Waals surface area (Å²) in [5.41, 5.74) is 2.84. The van der Waals surface area contributed by atoms with Gasteiger partial charge in [-0.05, 0) is 75.2 Å². The van der Waals surface area contributed by atoms with Crippen molar-refractivity contribution in [1.82, 2.24) is 14.9 Å². The van der Waals surface area contributed by atoms with Crippen molar-refractivity contribution in [1.29, 1.82) is 0 Å². The average Bonchev–Trinajstić information content (AvgIpc) is 3.61. The van der Waals surface area contributed by atoms with Gasteiger partial charge in [0.05, 0.1) is 37.6 Å². The lowest BCUT2D eigenvalue weighted by molar-refractivity contribution is -0.137. The van der Waals surface area contributed by atoms with Crippen LogP contribution in [0.15, 0.2) is 53.9 Å². The van der Waals surface area contributed by atoms with Crippen LogP contribution in [-0.2, 0) is 22.2 Å². The normalized spacial score (nSPS) is 17.8. The lowest BCUT2D eigenvalue weighted by Crippen LogP contribution is -2.38. The molecule has 2 aliphatic rings. The van der Waals surface area contributed by atoms with Gasteiger partial charge in [-0.2, -0.15) is 13.2 Å². The number of benzene rings is 2. The maximum atomic E-state index is 13.6. The highest BCUT2D eigenvalue weighted by atomic mass is 32.1. The Bertz CT molecular complexity index is 1820. The molecule has 13 heteroatoms. The molecule has 2 fully saturated rings. The molecule has 6 rings (SSSR count). The van der Waals surface area contributed by atoms with Crippen LogP contribution < -0.4 is 9.64 Å². The van der Waals surface area contributed by atoms with Gasteiger partial charge < -0.3 is 19.1 Å². The Hall–Kier alpha value is -4.65. The summed E-state index contributed by atoms with van der Waals surface area (Å²) >= 11 is 1.31. The smallest absolute Gasteiger partial charge is 0.416 e. The predicted octanol–water partition coefficient (Wildman–Crippen LogP) is 7.68. The van der Waals surface area contributed by atoms with Crippen molar-refractivity contribution in [3.8, 4) is 27.4 Å². The number of anilines is 1. The number of methoxy groups -OCH3 is 1. The number of pyridine rings is 1. The van der Waals surface area contributed by atoms with Crippen LogP contribution in [-0.4, -0.2) is 59.8 Å². The molecular weight excluding hydrogens is 633 g/mol. The second-order valence-corrected chi connectivity index (χ2v) is 12.3. The number of thiazole rings is 1. The van der Waals surface area contributed by atoms with Gasteiger partial charge in [0.1, 0.15) is 22.7 Å². The number of aromatic nitrogens is 2. The number of rotatable bonds is 9. The van der Waals surface area contributed by atoms with Crippen molar-refractivity contribution >= 4 is 29.2 Å². The van der Waals surface area contributed by atoms with Gasteiger partial charge in [0.2, 0.25) is 0 Å². The van der Waals surface area contributed by atoms with E-state index in [0.29, 0.717) is 33.1 Å². The molecule has 2 aromatic carbocycles. The van der Waals surface area contributed by atoms with Gasteiger partial charge in [0.15, 0.2) is 5.69 Å². The summed E-state index contributed by atoms with van der Waals surface area (Å²) in [7, 11) is 1.56. The first-order valence-corrected chi connectivity index (χ1v) is 16.1. The average molecular weight is 667 g/mol. The molecule has 0 unspecified atom stereocenters. The van der Waals surface area contributed by atoms with Crippen LogP contribution in [0, 0.1) is 6.92 Å². The van der Waals surface area contributed by atoms with Crippen LogP contribution in [0.2, 0.25) is 0 Å². The quantitative estimate of drug-likeness (QED) is 0.168. The zero-order valence-corrected chi connectivity index (χ0v) is 27.1. The number of halogens is 3. The van der Waals surface area contributed by atoms with E-state index in [1.54, 1.807) is 39.3 Å². The van der Waals surface area contributed by atoms with Crippen molar-refractivity contribution in [3.63, 3.8) is 0 Å². The Balaban J connectivity index is 1.37. The third-order valence-electron chi connectivity index (χ3n) is 8.33. The Labute approximate surface area is 273 Å². The summed E-state index contributed by atoms with van der Waals surface area (Å²) in [6.45, 7) is 7.07. The van der Waals surface area contributed by atoms with Gasteiger partial charge >= 0.3 is 18.2 Å². The molecule has 2 atom stereocenters. The molecule has 4 heterocycles. The zero-order chi connectivity index (χ0) is 33.5. The highest BCUT2D eigenvalue weighted by Gasteiger charge is 2.41. The van der Waals surface area contributed by atoms with E-state index in [0.717, 1.165) is 43.0 Å². The minimum Gasteiger partial charge on any atom is -0.496 e. The first-order chi connectivity index (χ1) is 22.5. The number of hydrogen-bond donors (Lipinski definition) is 0. The number of nitrogens with zero attached hydrogens (tertiary/aromatic N) is 4. The van der Waals surface area contributed by atoms with E-state index < -0.39 is 35.9 Å². The maximum Gasteiger partial charge on any atom is 0.416 e.